The molecular weight excluding hydrogens is 354 g/mol. The summed E-state index contributed by atoms with van der Waals surface area (Å²) in [5, 5.41) is 12.2. The van der Waals surface area contributed by atoms with Gasteiger partial charge in [0.15, 0.2) is 0 Å². The third-order valence-corrected chi connectivity index (χ3v) is 3.39. The van der Waals surface area contributed by atoms with Crippen LogP contribution in [0.3, 0.4) is 0 Å². The van der Waals surface area contributed by atoms with E-state index in [-0.39, 0.29) is 25.3 Å². The van der Waals surface area contributed by atoms with Crippen molar-refractivity contribution in [3.8, 4) is 5.75 Å². The number of halogens is 4. The highest BCUT2D eigenvalue weighted by atomic mass is 19.4. The summed E-state index contributed by atoms with van der Waals surface area (Å²) in [6, 6.07) is 9.84. The molecule has 0 spiro atoms. The van der Waals surface area contributed by atoms with E-state index in [0.29, 0.717) is 5.56 Å². The normalized spacial score (nSPS) is 12.5. The van der Waals surface area contributed by atoms with Crippen molar-refractivity contribution in [2.75, 3.05) is 13.2 Å². The molecule has 0 aliphatic heterocycles. The number of hydrogen-bond donors (Lipinski definition) is 2. The Morgan fingerprint density at radius 1 is 1.15 bits per heavy atom. The molecule has 140 valence electrons. The lowest BCUT2D eigenvalue weighted by atomic mass is 10.1. The number of aliphatic hydroxyl groups excluding tert-OH is 1. The van der Waals surface area contributed by atoms with Crippen molar-refractivity contribution in [2.45, 2.75) is 18.7 Å². The fourth-order valence-electron chi connectivity index (χ4n) is 2.14. The largest absolute Gasteiger partial charge is 0.491 e. The summed E-state index contributed by atoms with van der Waals surface area (Å²) in [5.74, 6) is -0.913. The van der Waals surface area contributed by atoms with Gasteiger partial charge in [-0.15, -0.1) is 0 Å². The standard InChI is InChI=1S/C18H17F4NO3/c19-14-5-1-3-12(7-14)8-17(25)23-10-15(24)11-26-16-6-2-4-13(9-16)18(20,21)22/h1-7,9,15,24H,8,10-11H2,(H,23,25). The van der Waals surface area contributed by atoms with E-state index in [2.05, 4.69) is 5.32 Å². The van der Waals surface area contributed by atoms with Crippen molar-refractivity contribution in [1.82, 2.24) is 5.32 Å². The van der Waals surface area contributed by atoms with Crippen molar-refractivity contribution >= 4 is 5.91 Å². The average Bonchev–Trinajstić information content (AvgIpc) is 2.58. The molecule has 0 heterocycles. The van der Waals surface area contributed by atoms with Crippen molar-refractivity contribution in [2.24, 2.45) is 0 Å². The molecule has 2 rings (SSSR count). The topological polar surface area (TPSA) is 58.6 Å². The number of carbonyl (C=O) groups is 1. The summed E-state index contributed by atoms with van der Waals surface area (Å²) in [7, 11) is 0. The van der Waals surface area contributed by atoms with Crippen molar-refractivity contribution in [1.29, 1.82) is 0 Å². The van der Waals surface area contributed by atoms with Crippen LogP contribution in [-0.2, 0) is 17.4 Å². The highest BCUT2D eigenvalue weighted by Crippen LogP contribution is 2.31. The van der Waals surface area contributed by atoms with Crippen LogP contribution in [0.4, 0.5) is 17.6 Å². The quantitative estimate of drug-likeness (QED) is 0.736. The molecule has 26 heavy (non-hydrogen) atoms. The van der Waals surface area contributed by atoms with Gasteiger partial charge in [-0.1, -0.05) is 18.2 Å². The first-order valence-electron chi connectivity index (χ1n) is 7.73. The molecule has 0 saturated heterocycles. The van der Waals surface area contributed by atoms with Crippen molar-refractivity contribution < 1.29 is 32.2 Å². The molecule has 0 aliphatic carbocycles. The second-order valence-electron chi connectivity index (χ2n) is 5.60. The number of benzene rings is 2. The van der Waals surface area contributed by atoms with Gasteiger partial charge >= 0.3 is 6.18 Å². The van der Waals surface area contributed by atoms with Crippen LogP contribution in [0.2, 0.25) is 0 Å². The molecule has 0 aliphatic rings. The van der Waals surface area contributed by atoms with Crippen LogP contribution >= 0.6 is 0 Å². The van der Waals surface area contributed by atoms with Gasteiger partial charge in [-0.05, 0) is 35.9 Å². The van der Waals surface area contributed by atoms with Crippen LogP contribution in [-0.4, -0.2) is 30.3 Å². The van der Waals surface area contributed by atoms with Gasteiger partial charge in [0, 0.05) is 6.54 Å². The number of alkyl halides is 3. The molecular formula is C18H17F4NO3. The summed E-state index contributed by atoms with van der Waals surface area (Å²) in [5.41, 5.74) is -0.370. The van der Waals surface area contributed by atoms with Crippen LogP contribution in [0.15, 0.2) is 48.5 Å². The first kappa shape index (κ1) is 19.7. The summed E-state index contributed by atoms with van der Waals surface area (Å²) < 4.78 is 56.0. The number of amides is 1. The summed E-state index contributed by atoms with van der Waals surface area (Å²) in [4.78, 5) is 11.7. The molecule has 0 aromatic heterocycles. The molecule has 4 nitrogen and oxygen atoms in total. The lowest BCUT2D eigenvalue weighted by Crippen LogP contribution is -2.36. The summed E-state index contributed by atoms with van der Waals surface area (Å²) in [6.45, 7) is -0.436. The molecule has 2 N–H and O–H groups in total. The van der Waals surface area contributed by atoms with Crippen LogP contribution in [0.1, 0.15) is 11.1 Å². The molecule has 8 heteroatoms. The summed E-state index contributed by atoms with van der Waals surface area (Å²) >= 11 is 0. The van der Waals surface area contributed by atoms with Crippen LogP contribution in [0.5, 0.6) is 5.75 Å². The first-order chi connectivity index (χ1) is 12.2. The smallest absolute Gasteiger partial charge is 0.416 e. The van der Waals surface area contributed by atoms with E-state index in [1.807, 2.05) is 0 Å². The van der Waals surface area contributed by atoms with E-state index < -0.39 is 29.6 Å². The minimum absolute atomic E-state index is 0.0371. The molecule has 1 unspecified atom stereocenters. The monoisotopic (exact) mass is 371 g/mol. The van der Waals surface area contributed by atoms with E-state index in [1.54, 1.807) is 6.07 Å². The minimum atomic E-state index is -4.48. The zero-order valence-electron chi connectivity index (χ0n) is 13.6. The average molecular weight is 371 g/mol. The molecule has 0 radical (unpaired) electrons. The predicted octanol–water partition coefficient (Wildman–Crippen LogP) is 2.94. The second-order valence-corrected chi connectivity index (χ2v) is 5.60. The highest BCUT2D eigenvalue weighted by Gasteiger charge is 2.30. The number of ether oxygens (including phenoxy) is 1. The number of carbonyl (C=O) groups excluding carboxylic acids is 1. The minimum Gasteiger partial charge on any atom is -0.491 e. The number of nitrogens with one attached hydrogen (secondary N) is 1. The fourth-order valence-corrected chi connectivity index (χ4v) is 2.14. The first-order valence-corrected chi connectivity index (χ1v) is 7.73. The Labute approximate surface area is 147 Å². The van der Waals surface area contributed by atoms with Gasteiger partial charge in [-0.3, -0.25) is 4.79 Å². The zero-order valence-corrected chi connectivity index (χ0v) is 13.6. The molecule has 1 amide bonds. The molecule has 2 aromatic carbocycles. The predicted molar refractivity (Wildman–Crippen MR) is 86.1 cm³/mol. The highest BCUT2D eigenvalue weighted by molar-refractivity contribution is 5.78. The molecule has 1 atom stereocenters. The molecule has 2 aromatic rings. The maximum Gasteiger partial charge on any atom is 0.416 e. The van der Waals surface area contributed by atoms with Crippen molar-refractivity contribution in [3.05, 3.63) is 65.5 Å². The third kappa shape index (κ3) is 6.36. The Morgan fingerprint density at radius 2 is 1.88 bits per heavy atom. The lowest BCUT2D eigenvalue weighted by molar-refractivity contribution is -0.137. The van der Waals surface area contributed by atoms with Gasteiger partial charge < -0.3 is 15.2 Å². The second kappa shape index (κ2) is 8.66. The Kier molecular flexibility index (Phi) is 6.57. The number of aliphatic hydroxyl groups is 1. The number of hydrogen-bond acceptors (Lipinski definition) is 3. The molecule has 0 bridgehead atoms. The maximum atomic E-state index is 13.0. The lowest BCUT2D eigenvalue weighted by Gasteiger charge is -2.14. The molecule has 0 fully saturated rings. The van der Waals surface area contributed by atoms with Crippen LogP contribution in [0.25, 0.3) is 0 Å². The van der Waals surface area contributed by atoms with Gasteiger partial charge in [0.05, 0.1) is 12.0 Å². The third-order valence-electron chi connectivity index (χ3n) is 3.39. The van der Waals surface area contributed by atoms with Gasteiger partial charge in [0.2, 0.25) is 5.91 Å². The Balaban J connectivity index is 1.77. The van der Waals surface area contributed by atoms with Crippen LogP contribution in [0, 0.1) is 5.82 Å². The van der Waals surface area contributed by atoms with Gasteiger partial charge in [0.25, 0.3) is 0 Å². The van der Waals surface area contributed by atoms with Gasteiger partial charge in [-0.2, -0.15) is 13.2 Å². The van der Waals surface area contributed by atoms with Crippen LogP contribution < -0.4 is 10.1 Å². The fraction of sp³-hybridized carbons (Fsp3) is 0.278. The Hall–Kier alpha value is -2.61. The maximum absolute atomic E-state index is 13.0. The Bertz CT molecular complexity index is 749. The molecule has 0 saturated carbocycles. The summed E-state index contributed by atoms with van der Waals surface area (Å²) in [6.07, 6.45) is -5.65. The Morgan fingerprint density at radius 3 is 2.58 bits per heavy atom. The van der Waals surface area contributed by atoms with E-state index in [4.69, 9.17) is 4.74 Å². The van der Waals surface area contributed by atoms with E-state index >= 15 is 0 Å². The zero-order chi connectivity index (χ0) is 19.2. The van der Waals surface area contributed by atoms with E-state index in [9.17, 15) is 27.5 Å². The SMILES string of the molecule is O=C(Cc1cccc(F)c1)NCC(O)COc1cccc(C(F)(F)F)c1. The van der Waals surface area contributed by atoms with E-state index in [0.717, 1.165) is 12.1 Å². The van der Waals surface area contributed by atoms with Gasteiger partial charge in [0.1, 0.15) is 24.3 Å². The van der Waals surface area contributed by atoms with Gasteiger partial charge in [-0.25, -0.2) is 4.39 Å². The van der Waals surface area contributed by atoms with Crippen molar-refractivity contribution in [3.63, 3.8) is 0 Å². The van der Waals surface area contributed by atoms with E-state index in [1.165, 1.54) is 30.3 Å². The number of rotatable bonds is 7.